The van der Waals surface area contributed by atoms with Crippen LogP contribution in [-0.2, 0) is 0 Å². The Bertz CT molecular complexity index is 3930. The summed E-state index contributed by atoms with van der Waals surface area (Å²) in [5.74, 6) is 0. The molecule has 0 N–H and O–H groups in total. The van der Waals surface area contributed by atoms with Crippen LogP contribution in [0.4, 0.5) is 34.1 Å². The Morgan fingerprint density at radius 2 is 0.727 bits per heavy atom. The van der Waals surface area contributed by atoms with Gasteiger partial charge in [0.05, 0.1) is 16.8 Å². The minimum atomic E-state index is 0.803. The zero-order valence-corrected chi connectivity index (χ0v) is 35.8. The highest BCUT2D eigenvalue weighted by atomic mass is 16.3. The number of benzene rings is 11. The maximum absolute atomic E-state index is 6.91. The molecule has 0 aliphatic heterocycles. The van der Waals surface area contributed by atoms with Crippen molar-refractivity contribution in [1.82, 2.24) is 0 Å². The topological polar surface area (TPSA) is 32.8 Å². The van der Waals surface area contributed by atoms with Crippen molar-refractivity contribution >= 4 is 99.5 Å². The lowest BCUT2D eigenvalue weighted by Gasteiger charge is -2.28. The highest BCUT2D eigenvalue weighted by Crippen LogP contribution is 2.46. The van der Waals surface area contributed by atoms with Gasteiger partial charge in [-0.05, 0) is 130 Å². The highest BCUT2D eigenvalue weighted by molar-refractivity contribution is 6.24. The van der Waals surface area contributed by atoms with Gasteiger partial charge in [-0.2, -0.15) is 0 Å². The number of hydrogen-bond acceptors (Lipinski definition) is 4. The summed E-state index contributed by atoms with van der Waals surface area (Å²) in [6.45, 7) is 0. The van der Waals surface area contributed by atoms with E-state index in [1.54, 1.807) is 0 Å². The van der Waals surface area contributed by atoms with Gasteiger partial charge in [-0.3, -0.25) is 0 Å². The predicted octanol–water partition coefficient (Wildman–Crippen LogP) is 18.1. The molecule has 0 spiro atoms. The van der Waals surface area contributed by atoms with Crippen molar-refractivity contribution in [1.29, 1.82) is 0 Å². The van der Waals surface area contributed by atoms with E-state index in [4.69, 9.17) is 8.83 Å². The molecule has 11 aromatic carbocycles. The van der Waals surface area contributed by atoms with E-state index in [9.17, 15) is 0 Å². The van der Waals surface area contributed by atoms with Gasteiger partial charge < -0.3 is 18.6 Å². The minimum Gasteiger partial charge on any atom is -0.456 e. The molecule has 13 rings (SSSR count). The van der Waals surface area contributed by atoms with E-state index >= 15 is 0 Å². The summed E-state index contributed by atoms with van der Waals surface area (Å²) in [5, 5.41) is 8.64. The molecule has 0 aliphatic carbocycles. The molecule has 4 nitrogen and oxygen atoms in total. The fourth-order valence-electron chi connectivity index (χ4n) is 9.90. The van der Waals surface area contributed by atoms with Crippen molar-refractivity contribution in [3.63, 3.8) is 0 Å². The Morgan fingerprint density at radius 3 is 1.26 bits per heavy atom. The first-order valence-electron chi connectivity index (χ1n) is 22.4. The summed E-state index contributed by atoms with van der Waals surface area (Å²) < 4.78 is 13.6. The van der Waals surface area contributed by atoms with Gasteiger partial charge in [0.25, 0.3) is 0 Å². The number of hydrogen-bond donors (Lipinski definition) is 0. The summed E-state index contributed by atoms with van der Waals surface area (Å²) >= 11 is 0. The molecule has 0 saturated carbocycles. The Kier molecular flexibility index (Phi) is 8.81. The summed E-state index contributed by atoms with van der Waals surface area (Å²) in [4.78, 5) is 4.69. The number of furan rings is 2. The van der Waals surface area contributed by atoms with Gasteiger partial charge in [-0.1, -0.05) is 146 Å². The standard InChI is InChI=1S/C62H40N2O2/c1-5-17-41(18-6-1)51-25-13-15-27-56(51)63(47-21-9-3-10-22-47)49-31-29-43-37-54-53-33-34-58-61(62(53)66-59(54)39-45(43)35-49)55-38-44-30-32-50(36-46(44)40-60(55)65-58)64(48-23-11-4-12-24-48)57-28-16-14-26-52(57)42-19-7-2-8-20-42/h1-40H. The van der Waals surface area contributed by atoms with Gasteiger partial charge in [0.1, 0.15) is 22.3 Å². The number of rotatable bonds is 8. The van der Waals surface area contributed by atoms with Crippen molar-refractivity contribution in [2.75, 3.05) is 9.80 Å². The fraction of sp³-hybridized carbons (Fsp3) is 0. The van der Waals surface area contributed by atoms with Crippen LogP contribution in [0.1, 0.15) is 0 Å². The normalized spacial score (nSPS) is 11.6. The minimum absolute atomic E-state index is 0.803. The van der Waals surface area contributed by atoms with Crippen LogP contribution in [0.5, 0.6) is 0 Å². The second-order valence-corrected chi connectivity index (χ2v) is 16.9. The lowest BCUT2D eigenvalue weighted by atomic mass is 10.0. The van der Waals surface area contributed by atoms with Crippen LogP contribution in [-0.4, -0.2) is 0 Å². The van der Waals surface area contributed by atoms with E-state index in [0.717, 1.165) is 111 Å². The average molecular weight is 845 g/mol. The lowest BCUT2D eigenvalue weighted by Crippen LogP contribution is -2.11. The van der Waals surface area contributed by atoms with E-state index in [0.29, 0.717) is 0 Å². The molecular formula is C62H40N2O2. The second-order valence-electron chi connectivity index (χ2n) is 16.9. The van der Waals surface area contributed by atoms with Gasteiger partial charge >= 0.3 is 0 Å². The molecule has 2 heterocycles. The van der Waals surface area contributed by atoms with Gasteiger partial charge in [-0.15, -0.1) is 0 Å². The van der Waals surface area contributed by atoms with Crippen molar-refractivity contribution < 1.29 is 8.83 Å². The molecule has 0 saturated heterocycles. The van der Waals surface area contributed by atoms with Gasteiger partial charge in [0.2, 0.25) is 0 Å². The molecule has 0 radical (unpaired) electrons. The van der Waals surface area contributed by atoms with Crippen molar-refractivity contribution in [2.45, 2.75) is 0 Å². The van der Waals surface area contributed by atoms with Crippen LogP contribution < -0.4 is 9.80 Å². The van der Waals surface area contributed by atoms with Crippen LogP contribution in [0.25, 0.3) is 87.7 Å². The van der Waals surface area contributed by atoms with E-state index in [1.165, 1.54) is 11.1 Å². The molecule has 0 bridgehead atoms. The zero-order chi connectivity index (χ0) is 43.6. The van der Waals surface area contributed by atoms with E-state index in [2.05, 4.69) is 252 Å². The molecule has 2 aromatic heterocycles. The number of fused-ring (bicyclic) bond motifs is 9. The van der Waals surface area contributed by atoms with Crippen LogP contribution in [0, 0.1) is 0 Å². The quantitative estimate of drug-likeness (QED) is 0.153. The Morgan fingerprint density at radius 1 is 0.273 bits per heavy atom. The smallest absolute Gasteiger partial charge is 0.147 e. The lowest BCUT2D eigenvalue weighted by molar-refractivity contribution is 0.663. The molecular weight excluding hydrogens is 805 g/mol. The zero-order valence-electron chi connectivity index (χ0n) is 35.8. The number of anilines is 6. The Balaban J connectivity index is 0.930. The maximum Gasteiger partial charge on any atom is 0.147 e. The fourth-order valence-corrected chi connectivity index (χ4v) is 9.90. The first kappa shape index (κ1) is 37.7. The molecule has 0 atom stereocenters. The highest BCUT2D eigenvalue weighted by Gasteiger charge is 2.22. The van der Waals surface area contributed by atoms with Crippen molar-refractivity contribution in [2.24, 2.45) is 0 Å². The van der Waals surface area contributed by atoms with Crippen LogP contribution in [0.15, 0.2) is 251 Å². The Hall–Kier alpha value is -8.86. The number of para-hydroxylation sites is 4. The molecule has 13 aromatic rings. The maximum atomic E-state index is 6.91. The summed E-state index contributed by atoms with van der Waals surface area (Å²) in [6, 6.07) is 86.2. The van der Waals surface area contributed by atoms with Crippen LogP contribution in [0.3, 0.4) is 0 Å². The molecule has 310 valence electrons. The summed E-state index contributed by atoms with van der Waals surface area (Å²) in [6.07, 6.45) is 0. The third-order valence-electron chi connectivity index (χ3n) is 13.0. The van der Waals surface area contributed by atoms with Gasteiger partial charge in [0.15, 0.2) is 0 Å². The molecule has 0 amide bonds. The van der Waals surface area contributed by atoms with Crippen LogP contribution in [0.2, 0.25) is 0 Å². The largest absolute Gasteiger partial charge is 0.456 e. The number of nitrogens with zero attached hydrogens (tertiary/aromatic N) is 2. The molecule has 4 heteroatoms. The Labute approximate surface area is 381 Å². The summed E-state index contributed by atoms with van der Waals surface area (Å²) in [7, 11) is 0. The van der Waals surface area contributed by atoms with E-state index < -0.39 is 0 Å². The first-order valence-corrected chi connectivity index (χ1v) is 22.4. The van der Waals surface area contributed by atoms with Crippen LogP contribution >= 0.6 is 0 Å². The molecule has 0 aliphatic rings. The molecule has 0 fully saturated rings. The summed E-state index contributed by atoms with van der Waals surface area (Å²) in [5.41, 5.74) is 14.5. The average Bonchev–Trinajstić information content (AvgIpc) is 3.93. The third-order valence-corrected chi connectivity index (χ3v) is 13.0. The first-order chi connectivity index (χ1) is 32.7. The van der Waals surface area contributed by atoms with E-state index in [1.807, 2.05) is 0 Å². The van der Waals surface area contributed by atoms with E-state index in [-0.39, 0.29) is 0 Å². The second kappa shape index (κ2) is 15.4. The van der Waals surface area contributed by atoms with Gasteiger partial charge in [0, 0.05) is 50.0 Å². The SMILES string of the molecule is c1ccc(-c2ccccc2N(c2ccccc2)c2ccc3cc4c(cc3c2)oc2c4ccc3oc4cc5cc(N(c6ccccc6)c6ccccc6-c6ccccc6)ccc5cc4c32)cc1. The van der Waals surface area contributed by atoms with Gasteiger partial charge in [-0.25, -0.2) is 0 Å². The predicted molar refractivity (Wildman–Crippen MR) is 276 cm³/mol. The molecule has 66 heavy (non-hydrogen) atoms. The van der Waals surface area contributed by atoms with Crippen molar-refractivity contribution in [3.8, 4) is 22.3 Å². The monoisotopic (exact) mass is 844 g/mol. The third kappa shape index (κ3) is 6.30. The molecule has 0 unspecified atom stereocenters. The van der Waals surface area contributed by atoms with Crippen molar-refractivity contribution in [3.05, 3.63) is 243 Å².